The quantitative estimate of drug-likeness (QED) is 0.635. The van der Waals surface area contributed by atoms with Crippen LogP contribution in [0.2, 0.25) is 5.02 Å². The lowest BCUT2D eigenvalue weighted by Gasteiger charge is -2.26. The molecule has 3 aromatic rings. The van der Waals surface area contributed by atoms with Crippen LogP contribution in [0.5, 0.6) is 5.75 Å². The van der Waals surface area contributed by atoms with E-state index in [9.17, 15) is 4.79 Å². The number of halogens is 1. The number of likely N-dealkylation sites (N-methyl/N-ethyl adjacent to an activating group) is 1. The van der Waals surface area contributed by atoms with Crippen molar-refractivity contribution in [3.8, 4) is 17.0 Å². The number of aromatic amines is 1. The summed E-state index contributed by atoms with van der Waals surface area (Å²) in [4.78, 5) is 14.9. The van der Waals surface area contributed by atoms with Crippen molar-refractivity contribution in [3.63, 3.8) is 0 Å². The average Bonchev–Trinajstić information content (AvgIpc) is 3.18. The smallest absolute Gasteiger partial charge is 0.255 e. The molecule has 3 rings (SSSR count). The molecule has 2 aromatic carbocycles. The lowest BCUT2D eigenvalue weighted by atomic mass is 10.0. The Morgan fingerprint density at radius 3 is 2.61 bits per heavy atom. The Morgan fingerprint density at radius 1 is 1.21 bits per heavy atom. The van der Waals surface area contributed by atoms with Crippen LogP contribution in [0.1, 0.15) is 22.0 Å². The molecule has 7 heteroatoms. The van der Waals surface area contributed by atoms with E-state index in [-0.39, 0.29) is 11.9 Å². The number of carbonyl (C=O) groups excluding carboxylic acids is 1. The van der Waals surface area contributed by atoms with Crippen molar-refractivity contribution in [2.24, 2.45) is 0 Å². The summed E-state index contributed by atoms with van der Waals surface area (Å²) in [6.07, 6.45) is 1.53. The molecule has 0 bridgehead atoms. The monoisotopic (exact) mass is 398 g/mol. The molecule has 0 radical (unpaired) electrons. The fourth-order valence-corrected chi connectivity index (χ4v) is 3.22. The van der Waals surface area contributed by atoms with Crippen LogP contribution < -0.4 is 10.1 Å². The van der Waals surface area contributed by atoms with E-state index in [2.05, 4.69) is 15.5 Å². The Kier molecular flexibility index (Phi) is 6.34. The van der Waals surface area contributed by atoms with Gasteiger partial charge in [-0.25, -0.2) is 0 Å². The number of benzene rings is 2. The van der Waals surface area contributed by atoms with Gasteiger partial charge in [-0.1, -0.05) is 41.9 Å². The van der Waals surface area contributed by atoms with Crippen molar-refractivity contribution in [2.75, 3.05) is 27.7 Å². The highest BCUT2D eigenvalue weighted by Crippen LogP contribution is 2.28. The second kappa shape index (κ2) is 8.91. The third kappa shape index (κ3) is 4.35. The first-order chi connectivity index (χ1) is 13.5. The van der Waals surface area contributed by atoms with Gasteiger partial charge in [-0.05, 0) is 32.3 Å². The average molecular weight is 399 g/mol. The molecule has 0 saturated heterocycles. The van der Waals surface area contributed by atoms with E-state index >= 15 is 0 Å². The highest BCUT2D eigenvalue weighted by atomic mass is 35.5. The van der Waals surface area contributed by atoms with Crippen molar-refractivity contribution in [3.05, 3.63) is 70.9 Å². The van der Waals surface area contributed by atoms with E-state index < -0.39 is 0 Å². The number of nitrogens with zero attached hydrogens (tertiary/aromatic N) is 2. The molecule has 0 fully saturated rings. The Morgan fingerprint density at radius 2 is 1.93 bits per heavy atom. The molecule has 0 aliphatic carbocycles. The molecule has 6 nitrogen and oxygen atoms in total. The summed E-state index contributed by atoms with van der Waals surface area (Å²) in [5.74, 6) is 0.598. The summed E-state index contributed by atoms with van der Waals surface area (Å²) in [6, 6.07) is 15.0. The van der Waals surface area contributed by atoms with Gasteiger partial charge in [-0.15, -0.1) is 0 Å². The van der Waals surface area contributed by atoms with Crippen LogP contribution in [0.4, 0.5) is 0 Å². The number of nitrogens with one attached hydrogen (secondary N) is 2. The summed E-state index contributed by atoms with van der Waals surface area (Å²) in [5, 5.41) is 10.6. The van der Waals surface area contributed by atoms with Crippen LogP contribution in [0.25, 0.3) is 11.3 Å². The number of para-hydroxylation sites is 1. The van der Waals surface area contributed by atoms with Gasteiger partial charge in [0.25, 0.3) is 5.91 Å². The van der Waals surface area contributed by atoms with Crippen molar-refractivity contribution < 1.29 is 9.53 Å². The number of hydrogen-bond acceptors (Lipinski definition) is 4. The maximum absolute atomic E-state index is 12.8. The summed E-state index contributed by atoms with van der Waals surface area (Å²) in [7, 11) is 5.59. The Hall–Kier alpha value is -2.83. The summed E-state index contributed by atoms with van der Waals surface area (Å²) < 4.78 is 5.48. The molecule has 1 atom stereocenters. The number of rotatable bonds is 7. The second-order valence-corrected chi connectivity index (χ2v) is 7.03. The summed E-state index contributed by atoms with van der Waals surface area (Å²) in [6.45, 7) is 0.428. The van der Waals surface area contributed by atoms with Gasteiger partial charge in [-0.3, -0.25) is 9.89 Å². The largest absolute Gasteiger partial charge is 0.496 e. The molecule has 1 amide bonds. The van der Waals surface area contributed by atoms with Gasteiger partial charge in [0.15, 0.2) is 0 Å². The summed E-state index contributed by atoms with van der Waals surface area (Å²) in [5.41, 5.74) is 3.01. The number of amides is 1. The predicted molar refractivity (Wildman–Crippen MR) is 111 cm³/mol. The van der Waals surface area contributed by atoms with E-state index in [0.717, 1.165) is 16.9 Å². The van der Waals surface area contributed by atoms with Crippen molar-refractivity contribution in [1.29, 1.82) is 0 Å². The topological polar surface area (TPSA) is 70.2 Å². The van der Waals surface area contributed by atoms with Gasteiger partial charge in [0.2, 0.25) is 0 Å². The fourth-order valence-electron chi connectivity index (χ4n) is 3.09. The minimum Gasteiger partial charge on any atom is -0.496 e. The van der Waals surface area contributed by atoms with Crippen molar-refractivity contribution in [2.45, 2.75) is 6.04 Å². The van der Waals surface area contributed by atoms with Crippen LogP contribution in [0.3, 0.4) is 0 Å². The van der Waals surface area contributed by atoms with Crippen molar-refractivity contribution in [1.82, 2.24) is 20.4 Å². The lowest BCUT2D eigenvalue weighted by Crippen LogP contribution is -2.34. The molecular formula is C21H23ClN4O2. The van der Waals surface area contributed by atoms with E-state index in [4.69, 9.17) is 16.3 Å². The Balaban J connectivity index is 1.78. The van der Waals surface area contributed by atoms with E-state index in [1.165, 1.54) is 6.20 Å². The zero-order valence-corrected chi connectivity index (χ0v) is 16.8. The van der Waals surface area contributed by atoms with Crippen molar-refractivity contribution >= 4 is 17.5 Å². The zero-order chi connectivity index (χ0) is 20.1. The van der Waals surface area contributed by atoms with Crippen LogP contribution in [0, 0.1) is 0 Å². The molecule has 1 aromatic heterocycles. The van der Waals surface area contributed by atoms with Gasteiger partial charge >= 0.3 is 0 Å². The predicted octanol–water partition coefficient (Wildman–Crippen LogP) is 3.77. The number of aromatic nitrogens is 2. The maximum atomic E-state index is 12.8. The Bertz CT molecular complexity index is 938. The Labute approximate surface area is 169 Å². The SMILES string of the molecule is COc1ccccc1C(CNC(=O)c1cn[nH]c1-c1ccc(Cl)cc1)N(C)C. The number of hydrogen-bond donors (Lipinski definition) is 2. The third-order valence-electron chi connectivity index (χ3n) is 4.59. The van der Waals surface area contributed by atoms with E-state index in [1.54, 1.807) is 19.2 Å². The minimum atomic E-state index is -0.194. The molecule has 0 aliphatic heterocycles. The van der Waals surface area contributed by atoms with E-state index in [1.807, 2.05) is 55.4 Å². The second-order valence-electron chi connectivity index (χ2n) is 6.60. The van der Waals surface area contributed by atoms with Crippen LogP contribution >= 0.6 is 11.6 Å². The third-order valence-corrected chi connectivity index (χ3v) is 4.85. The highest BCUT2D eigenvalue weighted by Gasteiger charge is 2.21. The standard InChI is InChI=1S/C21H23ClN4O2/c1-26(2)18(16-6-4-5-7-19(16)28-3)13-23-21(27)17-12-24-25-20(17)14-8-10-15(22)11-9-14/h4-12,18H,13H2,1-3H3,(H,23,27)(H,24,25). The lowest BCUT2D eigenvalue weighted by molar-refractivity contribution is 0.0942. The van der Waals surface area contributed by atoms with E-state index in [0.29, 0.717) is 22.8 Å². The molecule has 2 N–H and O–H groups in total. The molecule has 0 spiro atoms. The van der Waals surface area contributed by atoms with Crippen LogP contribution in [0.15, 0.2) is 54.7 Å². The number of methoxy groups -OCH3 is 1. The first-order valence-corrected chi connectivity index (χ1v) is 9.26. The van der Waals surface area contributed by atoms with Gasteiger partial charge in [0.05, 0.1) is 30.6 Å². The molecule has 0 saturated carbocycles. The normalized spacial score (nSPS) is 12.0. The first kappa shape index (κ1) is 19.9. The maximum Gasteiger partial charge on any atom is 0.255 e. The van der Waals surface area contributed by atoms with Gasteiger partial charge in [0.1, 0.15) is 5.75 Å². The number of carbonyl (C=O) groups is 1. The minimum absolute atomic E-state index is 0.0361. The first-order valence-electron chi connectivity index (χ1n) is 8.88. The molecule has 1 heterocycles. The molecule has 1 unspecified atom stereocenters. The zero-order valence-electron chi connectivity index (χ0n) is 16.1. The summed E-state index contributed by atoms with van der Waals surface area (Å²) >= 11 is 5.95. The molecular weight excluding hydrogens is 376 g/mol. The molecule has 0 aliphatic rings. The highest BCUT2D eigenvalue weighted by molar-refractivity contribution is 6.30. The molecule has 146 valence electrons. The van der Waals surface area contributed by atoms with Crippen LogP contribution in [-0.4, -0.2) is 48.8 Å². The van der Waals surface area contributed by atoms with Gasteiger partial charge in [-0.2, -0.15) is 5.10 Å². The number of H-pyrrole nitrogens is 1. The van der Waals surface area contributed by atoms with Gasteiger partial charge < -0.3 is 15.0 Å². The van der Waals surface area contributed by atoms with Gasteiger partial charge in [0, 0.05) is 22.7 Å². The van der Waals surface area contributed by atoms with Crippen LogP contribution in [-0.2, 0) is 0 Å². The fraction of sp³-hybridized carbons (Fsp3) is 0.238. The number of ether oxygens (including phenoxy) is 1. The molecule has 28 heavy (non-hydrogen) atoms.